The molecule has 0 atom stereocenters. The molecule has 0 spiro atoms. The van der Waals surface area contributed by atoms with Crippen LogP contribution in [0.3, 0.4) is 0 Å². The van der Waals surface area contributed by atoms with Crippen LogP contribution >= 0.6 is 0 Å². The van der Waals surface area contributed by atoms with Gasteiger partial charge in [-0.25, -0.2) is 13.4 Å². The van der Waals surface area contributed by atoms with E-state index < -0.39 is 21.8 Å². The van der Waals surface area contributed by atoms with Crippen LogP contribution in [0.2, 0.25) is 0 Å². The zero-order chi connectivity index (χ0) is 14.3. The highest BCUT2D eigenvalue weighted by molar-refractivity contribution is 7.89. The molecule has 0 amide bonds. The van der Waals surface area contributed by atoms with Gasteiger partial charge < -0.3 is 4.98 Å². The van der Waals surface area contributed by atoms with Gasteiger partial charge >= 0.3 is 6.18 Å². The van der Waals surface area contributed by atoms with Crippen molar-refractivity contribution in [3.63, 3.8) is 0 Å². The first kappa shape index (κ1) is 14.1. The Morgan fingerprint density at radius 3 is 2.53 bits per heavy atom. The van der Waals surface area contributed by atoms with Crippen LogP contribution in [0.1, 0.15) is 12.2 Å². The van der Waals surface area contributed by atoms with Gasteiger partial charge in [-0.3, -0.25) is 0 Å². The van der Waals surface area contributed by atoms with Crippen LogP contribution in [0.15, 0.2) is 22.9 Å². The molecule has 2 heterocycles. The summed E-state index contributed by atoms with van der Waals surface area (Å²) in [5.74, 6) is 0.433. The van der Waals surface area contributed by atoms with Crippen LogP contribution in [0.4, 0.5) is 13.2 Å². The number of nitrogens with one attached hydrogen (secondary N) is 1. The summed E-state index contributed by atoms with van der Waals surface area (Å²) in [6.07, 6.45) is -2.66. The van der Waals surface area contributed by atoms with E-state index >= 15 is 0 Å². The van der Waals surface area contributed by atoms with E-state index in [1.54, 1.807) is 6.92 Å². The minimum atomic E-state index is -4.39. The van der Waals surface area contributed by atoms with E-state index in [2.05, 4.69) is 9.97 Å². The molecular weight excluding hydrogens is 283 g/mol. The SMILES string of the molecule is Cc1ncc(S(=O)(=O)N2CC=C(C(F)(F)F)CC2)[nH]1. The molecule has 1 N–H and O–H groups in total. The highest BCUT2D eigenvalue weighted by Gasteiger charge is 2.37. The van der Waals surface area contributed by atoms with Crippen molar-refractivity contribution in [1.82, 2.24) is 14.3 Å². The minimum Gasteiger partial charge on any atom is -0.332 e. The van der Waals surface area contributed by atoms with E-state index in [0.717, 1.165) is 16.6 Å². The summed E-state index contributed by atoms with van der Waals surface area (Å²) >= 11 is 0. The van der Waals surface area contributed by atoms with Crippen LogP contribution in [0, 0.1) is 6.92 Å². The molecule has 1 aliphatic heterocycles. The maximum Gasteiger partial charge on any atom is 0.412 e. The fourth-order valence-corrected chi connectivity index (χ4v) is 3.14. The molecule has 9 heteroatoms. The van der Waals surface area contributed by atoms with Gasteiger partial charge in [-0.2, -0.15) is 17.5 Å². The van der Waals surface area contributed by atoms with Crippen LogP contribution in [-0.2, 0) is 10.0 Å². The molecule has 2 rings (SSSR count). The number of H-pyrrole nitrogens is 1. The molecule has 0 aliphatic carbocycles. The quantitative estimate of drug-likeness (QED) is 0.843. The van der Waals surface area contributed by atoms with Gasteiger partial charge in [0.1, 0.15) is 5.82 Å². The number of hydrogen-bond acceptors (Lipinski definition) is 3. The van der Waals surface area contributed by atoms with Crippen LogP contribution in [0.5, 0.6) is 0 Å². The van der Waals surface area contributed by atoms with Crippen molar-refractivity contribution in [1.29, 1.82) is 0 Å². The van der Waals surface area contributed by atoms with Gasteiger partial charge in [0.05, 0.1) is 6.20 Å². The van der Waals surface area contributed by atoms with E-state index in [9.17, 15) is 21.6 Å². The summed E-state index contributed by atoms with van der Waals surface area (Å²) in [6, 6.07) is 0. The van der Waals surface area contributed by atoms with Crippen molar-refractivity contribution in [3.8, 4) is 0 Å². The first-order valence-corrected chi connectivity index (χ1v) is 6.93. The smallest absolute Gasteiger partial charge is 0.332 e. The predicted molar refractivity (Wildman–Crippen MR) is 60.8 cm³/mol. The van der Waals surface area contributed by atoms with E-state index in [1.807, 2.05) is 0 Å². The third-order valence-electron chi connectivity index (χ3n) is 2.83. The molecule has 0 bridgehead atoms. The normalized spacial score (nSPS) is 18.4. The maximum atomic E-state index is 12.4. The Morgan fingerprint density at radius 1 is 1.42 bits per heavy atom. The molecule has 0 radical (unpaired) electrons. The molecule has 0 unspecified atom stereocenters. The van der Waals surface area contributed by atoms with Gasteiger partial charge in [0.25, 0.3) is 10.0 Å². The Labute approximate surface area is 108 Å². The molecule has 106 valence electrons. The van der Waals surface area contributed by atoms with E-state index in [1.165, 1.54) is 0 Å². The maximum absolute atomic E-state index is 12.4. The number of imidazole rings is 1. The van der Waals surface area contributed by atoms with Crippen molar-refractivity contribution < 1.29 is 21.6 Å². The van der Waals surface area contributed by atoms with Crippen molar-refractivity contribution in [3.05, 3.63) is 23.7 Å². The molecule has 0 saturated carbocycles. The average molecular weight is 295 g/mol. The summed E-state index contributed by atoms with van der Waals surface area (Å²) in [6.45, 7) is 1.12. The molecular formula is C10H12F3N3O2S. The number of aromatic amines is 1. The molecule has 19 heavy (non-hydrogen) atoms. The summed E-state index contributed by atoms with van der Waals surface area (Å²) in [5, 5.41) is -0.103. The van der Waals surface area contributed by atoms with Crippen LogP contribution < -0.4 is 0 Å². The molecule has 1 aromatic rings. The Hall–Kier alpha value is -1.35. The van der Waals surface area contributed by atoms with Crippen molar-refractivity contribution in [2.45, 2.75) is 24.5 Å². The number of alkyl halides is 3. The number of halogens is 3. The number of nitrogens with zero attached hydrogens (tertiary/aromatic N) is 2. The van der Waals surface area contributed by atoms with Gasteiger partial charge in [0, 0.05) is 18.7 Å². The summed E-state index contributed by atoms with van der Waals surface area (Å²) in [7, 11) is -3.81. The second kappa shape index (κ2) is 4.64. The molecule has 1 aliphatic rings. The zero-order valence-corrected chi connectivity index (χ0v) is 10.8. The van der Waals surface area contributed by atoms with E-state index in [4.69, 9.17) is 0 Å². The van der Waals surface area contributed by atoms with E-state index in [-0.39, 0.29) is 24.5 Å². The Morgan fingerprint density at radius 2 is 2.11 bits per heavy atom. The average Bonchev–Trinajstić information content (AvgIpc) is 2.76. The number of rotatable bonds is 2. The predicted octanol–water partition coefficient (Wildman–Crippen LogP) is 1.60. The standard InChI is InChI=1S/C10H12F3N3O2S/c1-7-14-6-9(15-7)19(17,18)16-4-2-8(3-5-16)10(11,12)13/h2,6H,3-5H2,1H3,(H,14,15). The third kappa shape index (κ3) is 2.81. The fraction of sp³-hybridized carbons (Fsp3) is 0.500. The molecule has 0 fully saturated rings. The van der Waals surface area contributed by atoms with Crippen molar-refractivity contribution in [2.24, 2.45) is 0 Å². The first-order chi connectivity index (χ1) is 8.71. The van der Waals surface area contributed by atoms with Gasteiger partial charge in [0.2, 0.25) is 0 Å². The van der Waals surface area contributed by atoms with Crippen LogP contribution in [0.25, 0.3) is 0 Å². The minimum absolute atomic E-state index is 0.103. The topological polar surface area (TPSA) is 66.1 Å². The van der Waals surface area contributed by atoms with Crippen LogP contribution in [-0.4, -0.2) is 42.0 Å². The Balaban J connectivity index is 2.20. The molecule has 5 nitrogen and oxygen atoms in total. The Kier molecular flexibility index (Phi) is 3.43. The second-order valence-corrected chi connectivity index (χ2v) is 6.08. The number of aromatic nitrogens is 2. The molecule has 1 aromatic heterocycles. The fourth-order valence-electron chi connectivity index (χ4n) is 1.79. The lowest BCUT2D eigenvalue weighted by Crippen LogP contribution is -2.36. The molecule has 0 saturated heterocycles. The first-order valence-electron chi connectivity index (χ1n) is 5.49. The van der Waals surface area contributed by atoms with Gasteiger partial charge in [-0.1, -0.05) is 6.08 Å². The second-order valence-electron chi connectivity index (χ2n) is 4.17. The number of aryl methyl sites for hydroxylation is 1. The lowest BCUT2D eigenvalue weighted by Gasteiger charge is -2.25. The third-order valence-corrected chi connectivity index (χ3v) is 4.61. The highest BCUT2D eigenvalue weighted by atomic mass is 32.2. The number of hydrogen-bond donors (Lipinski definition) is 1. The lowest BCUT2D eigenvalue weighted by atomic mass is 10.1. The summed E-state index contributed by atoms with van der Waals surface area (Å²) in [4.78, 5) is 6.35. The summed E-state index contributed by atoms with van der Waals surface area (Å²) < 4.78 is 62.5. The monoisotopic (exact) mass is 295 g/mol. The zero-order valence-electron chi connectivity index (χ0n) is 10.0. The van der Waals surface area contributed by atoms with Gasteiger partial charge in [-0.05, 0) is 13.3 Å². The molecule has 0 aromatic carbocycles. The van der Waals surface area contributed by atoms with Gasteiger partial charge in [-0.15, -0.1) is 0 Å². The van der Waals surface area contributed by atoms with E-state index in [0.29, 0.717) is 5.82 Å². The summed E-state index contributed by atoms with van der Waals surface area (Å²) in [5.41, 5.74) is -0.681. The van der Waals surface area contributed by atoms with Crippen molar-refractivity contribution >= 4 is 10.0 Å². The van der Waals surface area contributed by atoms with Gasteiger partial charge in [0.15, 0.2) is 5.03 Å². The van der Waals surface area contributed by atoms with Crippen molar-refractivity contribution in [2.75, 3.05) is 13.1 Å². The highest BCUT2D eigenvalue weighted by Crippen LogP contribution is 2.31. The Bertz CT molecular complexity index is 604. The largest absolute Gasteiger partial charge is 0.412 e. The number of sulfonamides is 1. The lowest BCUT2D eigenvalue weighted by molar-refractivity contribution is -0.0953.